The van der Waals surface area contributed by atoms with Crippen molar-refractivity contribution in [3.63, 3.8) is 0 Å². The van der Waals surface area contributed by atoms with Crippen LogP contribution in [0.2, 0.25) is 0 Å². The zero-order valence-electron chi connectivity index (χ0n) is 15.3. The van der Waals surface area contributed by atoms with Crippen molar-refractivity contribution in [3.05, 3.63) is 90.8 Å². The molecule has 3 aromatic carbocycles. The molecule has 0 bridgehead atoms. The zero-order chi connectivity index (χ0) is 17.9. The van der Waals surface area contributed by atoms with Gasteiger partial charge in [-0.05, 0) is 29.3 Å². The van der Waals surface area contributed by atoms with E-state index in [1.54, 1.807) is 0 Å². The topological polar surface area (TPSA) is 30.7 Å². The molecule has 3 nitrogen and oxygen atoms in total. The maximum absolute atomic E-state index is 4.53. The number of aromatic nitrogens is 3. The van der Waals surface area contributed by atoms with E-state index in [1.807, 2.05) is 24.3 Å². The fourth-order valence-corrected chi connectivity index (χ4v) is 3.16. The summed E-state index contributed by atoms with van der Waals surface area (Å²) in [6.07, 6.45) is 0. The van der Waals surface area contributed by atoms with Crippen molar-refractivity contribution in [3.8, 4) is 28.2 Å². The van der Waals surface area contributed by atoms with Crippen molar-refractivity contribution in [2.75, 3.05) is 0 Å². The van der Waals surface area contributed by atoms with Crippen LogP contribution in [0.25, 0.3) is 28.2 Å². The van der Waals surface area contributed by atoms with Gasteiger partial charge in [0.25, 0.3) is 0 Å². The molecule has 0 radical (unpaired) electrons. The summed E-state index contributed by atoms with van der Waals surface area (Å²) < 4.78 is 2.16. The van der Waals surface area contributed by atoms with Gasteiger partial charge in [-0.15, -0.1) is 10.2 Å². The van der Waals surface area contributed by atoms with Gasteiger partial charge in [0.1, 0.15) is 5.82 Å². The van der Waals surface area contributed by atoms with Crippen LogP contribution in [-0.2, 0) is 20.1 Å². The van der Waals surface area contributed by atoms with Crippen LogP contribution in [0, 0.1) is 0 Å². The molecule has 0 fully saturated rings. The zero-order valence-corrected chi connectivity index (χ0v) is 17.7. The molecule has 0 saturated heterocycles. The van der Waals surface area contributed by atoms with Crippen LogP contribution in [0.3, 0.4) is 0 Å². The molecule has 0 N–H and O–H groups in total. The van der Waals surface area contributed by atoms with Gasteiger partial charge >= 0.3 is 20.1 Å². The Bertz CT molecular complexity index is 1010. The first-order valence-electron chi connectivity index (χ1n) is 8.90. The van der Waals surface area contributed by atoms with Crippen LogP contribution < -0.4 is 0 Å². The summed E-state index contributed by atoms with van der Waals surface area (Å²) in [5, 5.41) is 9.02. The number of hydrogen-bond donors (Lipinski definition) is 0. The summed E-state index contributed by atoms with van der Waals surface area (Å²) in [6.45, 7) is 4.29. The molecule has 0 unspecified atom stereocenters. The molecule has 134 valence electrons. The molecular weight excluding hydrogens is 510 g/mol. The average molecular weight is 532 g/mol. The maximum Gasteiger partial charge on any atom is 3.00 e. The normalized spacial score (nSPS) is 10.6. The third kappa shape index (κ3) is 3.92. The molecule has 4 aromatic rings. The Kier molecular flexibility index (Phi) is 6.00. The second-order valence-electron chi connectivity index (χ2n) is 6.65. The summed E-state index contributed by atoms with van der Waals surface area (Å²) in [5.74, 6) is 2.13. The van der Waals surface area contributed by atoms with Crippen LogP contribution >= 0.6 is 0 Å². The van der Waals surface area contributed by atoms with Crippen LogP contribution in [-0.4, -0.2) is 14.8 Å². The molecular formula is C23H21IrN3+3. The van der Waals surface area contributed by atoms with Crippen LogP contribution in [0.1, 0.15) is 25.6 Å². The quantitative estimate of drug-likeness (QED) is 0.337. The molecule has 4 rings (SSSR count). The number of benzene rings is 3. The van der Waals surface area contributed by atoms with Crippen molar-refractivity contribution < 1.29 is 20.1 Å². The second kappa shape index (κ2) is 8.43. The van der Waals surface area contributed by atoms with Crippen molar-refractivity contribution in [1.29, 1.82) is 0 Å². The third-order valence-electron chi connectivity index (χ3n) is 4.45. The standard InChI is InChI=1S/C23H21N3.Ir/c1-17(2)22-24-25-23(26(22)21-14-7-4-8-15-21)20-13-9-12-19(16-20)18-10-5-3-6-11-18;/h3-17H,1-2H3;/q;+3. The summed E-state index contributed by atoms with van der Waals surface area (Å²) in [6, 6.07) is 29.2. The molecule has 0 atom stereocenters. The third-order valence-corrected chi connectivity index (χ3v) is 4.45. The minimum absolute atomic E-state index is 0. The largest absolute Gasteiger partial charge is 3.00 e. The minimum atomic E-state index is 0. The first-order valence-corrected chi connectivity index (χ1v) is 8.90. The van der Waals surface area contributed by atoms with E-state index in [0.29, 0.717) is 0 Å². The molecule has 27 heavy (non-hydrogen) atoms. The number of rotatable bonds is 4. The predicted octanol–water partition coefficient (Wildman–Crippen LogP) is 5.72. The van der Waals surface area contributed by atoms with Crippen molar-refractivity contribution in [2.45, 2.75) is 19.8 Å². The van der Waals surface area contributed by atoms with Crippen molar-refractivity contribution in [1.82, 2.24) is 14.8 Å². The van der Waals surface area contributed by atoms with Gasteiger partial charge in [0.15, 0.2) is 5.82 Å². The number of para-hydroxylation sites is 1. The molecule has 0 saturated carbocycles. The predicted molar refractivity (Wildman–Crippen MR) is 106 cm³/mol. The van der Waals surface area contributed by atoms with Gasteiger partial charge in [0, 0.05) is 17.2 Å². The SMILES string of the molecule is CC(C)c1nnc(-c2cccc(-c3ccccc3)c2)n1-c1ccccc1.[Ir+3]. The Hall–Kier alpha value is -2.55. The van der Waals surface area contributed by atoms with Gasteiger partial charge < -0.3 is 0 Å². The monoisotopic (exact) mass is 532 g/mol. The first kappa shape index (κ1) is 19.2. The number of nitrogens with zero attached hydrogens (tertiary/aromatic N) is 3. The minimum Gasteiger partial charge on any atom is -0.279 e. The molecule has 1 aromatic heterocycles. The van der Waals surface area contributed by atoms with Gasteiger partial charge in [-0.2, -0.15) is 0 Å². The maximum atomic E-state index is 4.53. The van der Waals surface area contributed by atoms with Gasteiger partial charge in [-0.25, -0.2) is 0 Å². The van der Waals surface area contributed by atoms with Crippen LogP contribution in [0.15, 0.2) is 84.9 Å². The Morgan fingerprint density at radius 1 is 0.667 bits per heavy atom. The summed E-state index contributed by atoms with van der Waals surface area (Å²) >= 11 is 0. The van der Waals surface area contributed by atoms with E-state index in [-0.39, 0.29) is 26.0 Å². The van der Waals surface area contributed by atoms with Gasteiger partial charge in [-0.3, -0.25) is 4.57 Å². The summed E-state index contributed by atoms with van der Waals surface area (Å²) in [7, 11) is 0. The Balaban J connectivity index is 0.00000210. The Morgan fingerprint density at radius 2 is 1.26 bits per heavy atom. The molecule has 4 heteroatoms. The first-order chi connectivity index (χ1) is 12.7. The van der Waals surface area contributed by atoms with Crippen LogP contribution in [0.4, 0.5) is 0 Å². The van der Waals surface area contributed by atoms with Gasteiger partial charge in [0.05, 0.1) is 0 Å². The van der Waals surface area contributed by atoms with Gasteiger partial charge in [-0.1, -0.05) is 80.6 Å². The molecule has 0 amide bonds. The smallest absolute Gasteiger partial charge is 0.279 e. The van der Waals surface area contributed by atoms with Crippen molar-refractivity contribution in [2.24, 2.45) is 0 Å². The Morgan fingerprint density at radius 3 is 1.93 bits per heavy atom. The van der Waals surface area contributed by atoms with E-state index < -0.39 is 0 Å². The van der Waals surface area contributed by atoms with E-state index in [9.17, 15) is 0 Å². The fourth-order valence-electron chi connectivity index (χ4n) is 3.16. The second-order valence-corrected chi connectivity index (χ2v) is 6.65. The molecule has 1 heterocycles. The Labute approximate surface area is 173 Å². The van der Waals surface area contributed by atoms with E-state index in [2.05, 4.69) is 89.3 Å². The molecule has 0 aliphatic carbocycles. The van der Waals surface area contributed by atoms with E-state index in [0.717, 1.165) is 22.9 Å². The molecule has 0 spiro atoms. The fraction of sp³-hybridized carbons (Fsp3) is 0.130. The van der Waals surface area contributed by atoms with Crippen molar-refractivity contribution >= 4 is 0 Å². The average Bonchev–Trinajstić information content (AvgIpc) is 3.15. The summed E-state index contributed by atoms with van der Waals surface area (Å²) in [5.41, 5.74) is 4.52. The van der Waals surface area contributed by atoms with E-state index in [1.165, 1.54) is 11.1 Å². The number of hydrogen-bond acceptors (Lipinski definition) is 2. The summed E-state index contributed by atoms with van der Waals surface area (Å²) in [4.78, 5) is 0. The van der Waals surface area contributed by atoms with E-state index >= 15 is 0 Å². The molecule has 0 aliphatic rings. The molecule has 0 aliphatic heterocycles. The van der Waals surface area contributed by atoms with E-state index in [4.69, 9.17) is 0 Å². The van der Waals surface area contributed by atoms with Gasteiger partial charge in [0.2, 0.25) is 0 Å². The van der Waals surface area contributed by atoms with Crippen LogP contribution in [0.5, 0.6) is 0 Å².